The van der Waals surface area contributed by atoms with Gasteiger partial charge in [-0.1, -0.05) is 86.6 Å². The van der Waals surface area contributed by atoms with E-state index in [2.05, 4.69) is 19.2 Å². The Labute approximate surface area is 260 Å². The number of carbonyl (C=O) groups excluding carboxylic acids is 2. The van der Waals surface area contributed by atoms with Crippen molar-refractivity contribution < 1.29 is 22.7 Å². The number of benzene rings is 4. The zero-order valence-corrected chi connectivity index (χ0v) is 26.3. The van der Waals surface area contributed by atoms with Gasteiger partial charge in [0.2, 0.25) is 11.8 Å². The number of amides is 2. The Kier molecular flexibility index (Phi) is 10.8. The first kappa shape index (κ1) is 32.3. The molecule has 0 heterocycles. The summed E-state index contributed by atoms with van der Waals surface area (Å²) in [5.74, 6) is -0.0314. The summed E-state index contributed by atoms with van der Waals surface area (Å²) in [6.45, 7) is 3.66. The third-order valence-electron chi connectivity index (χ3n) is 7.46. The zero-order chi connectivity index (χ0) is 31.7. The van der Waals surface area contributed by atoms with Gasteiger partial charge in [-0.3, -0.25) is 13.9 Å². The smallest absolute Gasteiger partial charge is 0.264 e. The quantitative estimate of drug-likeness (QED) is 0.218. The SMILES string of the molecule is CNC(=O)C(Cc1ccccc1)N(Cc1cccc(OC)c1)C(=O)CN(c1ccc(C(C)C)cc1)S(=O)(=O)c1ccccc1. The van der Waals surface area contributed by atoms with Crippen LogP contribution in [0.1, 0.15) is 36.5 Å². The largest absolute Gasteiger partial charge is 0.497 e. The van der Waals surface area contributed by atoms with E-state index in [0.29, 0.717) is 11.4 Å². The molecule has 44 heavy (non-hydrogen) atoms. The van der Waals surface area contributed by atoms with Crippen molar-refractivity contribution in [2.24, 2.45) is 0 Å². The van der Waals surface area contributed by atoms with Crippen LogP contribution in [0.2, 0.25) is 0 Å². The molecule has 0 aromatic heterocycles. The van der Waals surface area contributed by atoms with Crippen LogP contribution >= 0.6 is 0 Å². The van der Waals surface area contributed by atoms with Crippen molar-refractivity contribution in [3.63, 3.8) is 0 Å². The predicted octanol–water partition coefficient (Wildman–Crippen LogP) is 5.40. The van der Waals surface area contributed by atoms with Crippen LogP contribution in [-0.4, -0.2) is 51.9 Å². The van der Waals surface area contributed by atoms with Crippen LogP contribution in [0.4, 0.5) is 5.69 Å². The van der Waals surface area contributed by atoms with E-state index in [9.17, 15) is 18.0 Å². The van der Waals surface area contributed by atoms with Gasteiger partial charge in [-0.2, -0.15) is 0 Å². The van der Waals surface area contributed by atoms with E-state index in [0.717, 1.165) is 21.0 Å². The second-order valence-electron chi connectivity index (χ2n) is 10.8. The molecule has 0 bridgehead atoms. The lowest BCUT2D eigenvalue weighted by atomic mass is 10.0. The molecule has 0 saturated heterocycles. The summed E-state index contributed by atoms with van der Waals surface area (Å²) in [7, 11) is -1.06. The van der Waals surface area contributed by atoms with E-state index in [1.54, 1.807) is 49.6 Å². The van der Waals surface area contributed by atoms with Crippen LogP contribution in [0.3, 0.4) is 0 Å². The van der Waals surface area contributed by atoms with Gasteiger partial charge in [-0.25, -0.2) is 8.42 Å². The van der Waals surface area contributed by atoms with Gasteiger partial charge in [-0.05, 0) is 59.0 Å². The number of hydrogen-bond donors (Lipinski definition) is 1. The average Bonchev–Trinajstić information content (AvgIpc) is 3.05. The molecule has 0 spiro atoms. The van der Waals surface area contributed by atoms with Crippen molar-refractivity contribution in [3.8, 4) is 5.75 Å². The maximum atomic E-state index is 14.4. The Morgan fingerprint density at radius 3 is 2.02 bits per heavy atom. The van der Waals surface area contributed by atoms with Crippen LogP contribution in [0, 0.1) is 0 Å². The minimum atomic E-state index is -4.14. The van der Waals surface area contributed by atoms with Gasteiger partial charge in [0.15, 0.2) is 0 Å². The van der Waals surface area contributed by atoms with Crippen LogP contribution in [0.5, 0.6) is 5.75 Å². The number of nitrogens with one attached hydrogen (secondary N) is 1. The zero-order valence-electron chi connectivity index (χ0n) is 25.5. The molecular formula is C35H39N3O5S. The minimum absolute atomic E-state index is 0.0620. The molecule has 2 amide bonds. The molecule has 1 atom stereocenters. The first-order chi connectivity index (χ1) is 21.1. The first-order valence-electron chi connectivity index (χ1n) is 14.5. The van der Waals surface area contributed by atoms with Gasteiger partial charge in [0.25, 0.3) is 10.0 Å². The van der Waals surface area contributed by atoms with Crippen molar-refractivity contribution in [1.29, 1.82) is 0 Å². The number of sulfonamides is 1. The van der Waals surface area contributed by atoms with Gasteiger partial charge in [0.1, 0.15) is 18.3 Å². The molecule has 0 aliphatic rings. The van der Waals surface area contributed by atoms with Gasteiger partial charge in [0.05, 0.1) is 17.7 Å². The Hall–Kier alpha value is -4.63. The monoisotopic (exact) mass is 613 g/mol. The van der Waals surface area contributed by atoms with Crippen molar-refractivity contribution >= 4 is 27.5 Å². The molecule has 4 aromatic carbocycles. The lowest BCUT2D eigenvalue weighted by Gasteiger charge is -2.33. The summed E-state index contributed by atoms with van der Waals surface area (Å²) in [5.41, 5.74) is 2.99. The van der Waals surface area contributed by atoms with E-state index in [-0.39, 0.29) is 29.7 Å². The second kappa shape index (κ2) is 14.7. The van der Waals surface area contributed by atoms with Crippen LogP contribution in [0.15, 0.2) is 114 Å². The maximum absolute atomic E-state index is 14.4. The molecule has 9 heteroatoms. The fraction of sp³-hybridized carbons (Fsp3) is 0.257. The minimum Gasteiger partial charge on any atom is -0.497 e. The highest BCUT2D eigenvalue weighted by molar-refractivity contribution is 7.92. The fourth-order valence-corrected chi connectivity index (χ4v) is 6.40. The van der Waals surface area contributed by atoms with Crippen molar-refractivity contribution in [2.75, 3.05) is 25.0 Å². The van der Waals surface area contributed by atoms with Crippen molar-refractivity contribution in [3.05, 3.63) is 126 Å². The van der Waals surface area contributed by atoms with Crippen LogP contribution < -0.4 is 14.4 Å². The summed E-state index contributed by atoms with van der Waals surface area (Å²) in [5, 5.41) is 2.70. The Balaban J connectivity index is 1.79. The first-order valence-corrected chi connectivity index (χ1v) is 15.9. The number of hydrogen-bond acceptors (Lipinski definition) is 5. The molecule has 230 valence electrons. The van der Waals surface area contributed by atoms with Crippen LogP contribution in [-0.2, 0) is 32.6 Å². The highest BCUT2D eigenvalue weighted by atomic mass is 32.2. The molecule has 0 fully saturated rings. The average molecular weight is 614 g/mol. The number of likely N-dealkylation sites (N-methyl/N-ethyl adjacent to an activating group) is 1. The van der Waals surface area contributed by atoms with Crippen molar-refractivity contribution in [2.45, 2.75) is 43.7 Å². The Morgan fingerprint density at radius 2 is 1.43 bits per heavy atom. The van der Waals surface area contributed by atoms with E-state index in [1.807, 2.05) is 54.6 Å². The molecule has 1 unspecified atom stereocenters. The molecule has 0 saturated carbocycles. The second-order valence-corrected chi connectivity index (χ2v) is 12.6. The van der Waals surface area contributed by atoms with Gasteiger partial charge in [-0.15, -0.1) is 0 Å². The van der Waals surface area contributed by atoms with Gasteiger partial charge < -0.3 is 15.0 Å². The molecule has 0 radical (unpaired) electrons. The third kappa shape index (κ3) is 7.85. The number of carbonyl (C=O) groups is 2. The normalized spacial score (nSPS) is 11.9. The number of methoxy groups -OCH3 is 1. The lowest BCUT2D eigenvalue weighted by molar-refractivity contribution is -0.139. The summed E-state index contributed by atoms with van der Waals surface area (Å²) in [4.78, 5) is 29.3. The predicted molar refractivity (Wildman–Crippen MR) is 173 cm³/mol. The highest BCUT2D eigenvalue weighted by Crippen LogP contribution is 2.27. The molecule has 0 aliphatic carbocycles. The fourth-order valence-electron chi connectivity index (χ4n) is 4.96. The number of ether oxygens (including phenoxy) is 1. The lowest BCUT2D eigenvalue weighted by Crippen LogP contribution is -2.53. The maximum Gasteiger partial charge on any atom is 0.264 e. The summed E-state index contributed by atoms with van der Waals surface area (Å²) in [6, 6.07) is 31.0. The van der Waals surface area contributed by atoms with Gasteiger partial charge in [0, 0.05) is 20.0 Å². The van der Waals surface area contributed by atoms with E-state index in [4.69, 9.17) is 4.74 Å². The standard InChI is InChI=1S/C35H39N3O5S/c1-26(2)29-18-20-30(21-19-29)38(44(41,42)32-16-9-6-10-17-32)25-34(39)37(24-28-14-11-15-31(22-28)43-4)33(35(40)36-3)23-27-12-7-5-8-13-27/h5-22,26,33H,23-25H2,1-4H3,(H,36,40). The summed E-state index contributed by atoms with van der Waals surface area (Å²) < 4.78 is 34.6. The highest BCUT2D eigenvalue weighted by Gasteiger charge is 2.34. The Bertz CT molecular complexity index is 1640. The van der Waals surface area contributed by atoms with Gasteiger partial charge >= 0.3 is 0 Å². The number of rotatable bonds is 13. The van der Waals surface area contributed by atoms with E-state index >= 15 is 0 Å². The van der Waals surface area contributed by atoms with E-state index in [1.165, 1.54) is 24.1 Å². The molecule has 0 aliphatic heterocycles. The summed E-state index contributed by atoms with van der Waals surface area (Å²) in [6.07, 6.45) is 0.241. The van der Waals surface area contributed by atoms with E-state index < -0.39 is 28.5 Å². The van der Waals surface area contributed by atoms with Crippen molar-refractivity contribution in [1.82, 2.24) is 10.2 Å². The Morgan fingerprint density at radius 1 is 0.818 bits per heavy atom. The molecule has 4 aromatic rings. The topological polar surface area (TPSA) is 96.0 Å². The molecular weight excluding hydrogens is 574 g/mol. The molecule has 8 nitrogen and oxygen atoms in total. The number of nitrogens with zero attached hydrogens (tertiary/aromatic N) is 2. The number of anilines is 1. The molecule has 1 N–H and O–H groups in total. The summed E-state index contributed by atoms with van der Waals surface area (Å²) >= 11 is 0. The third-order valence-corrected chi connectivity index (χ3v) is 9.25. The van der Waals surface area contributed by atoms with Crippen LogP contribution in [0.25, 0.3) is 0 Å². The molecule has 4 rings (SSSR count).